The first kappa shape index (κ1) is 16.6. The second kappa shape index (κ2) is 6.46. The molecule has 5 nitrogen and oxygen atoms in total. The van der Waals surface area contributed by atoms with E-state index in [4.69, 9.17) is 11.6 Å². The van der Waals surface area contributed by atoms with Crippen LogP contribution in [0.4, 0.5) is 10.1 Å². The molecule has 0 radical (unpaired) electrons. The number of H-pyrrole nitrogens is 1. The lowest BCUT2D eigenvalue weighted by molar-refractivity contribution is -0.146. The lowest BCUT2D eigenvalue weighted by Crippen LogP contribution is -2.54. The molecule has 3 aromatic rings. The van der Waals surface area contributed by atoms with Gasteiger partial charge in [-0.2, -0.15) is 0 Å². The van der Waals surface area contributed by atoms with Crippen LogP contribution in [-0.4, -0.2) is 34.8 Å². The fourth-order valence-corrected chi connectivity index (χ4v) is 3.43. The second-order valence-corrected chi connectivity index (χ2v) is 6.55. The maximum absolute atomic E-state index is 13.2. The SMILES string of the molecule is O=C1C(=O)N(c2cccc3cc[nH]c23)CCN1Cc1ccc(F)cc1Cl. The third kappa shape index (κ3) is 2.82. The molecule has 2 heterocycles. The number of aromatic amines is 1. The molecule has 0 atom stereocenters. The van der Waals surface area contributed by atoms with Gasteiger partial charge in [-0.05, 0) is 29.8 Å². The van der Waals surface area contributed by atoms with Crippen molar-refractivity contribution >= 4 is 40.0 Å². The van der Waals surface area contributed by atoms with Gasteiger partial charge in [0.05, 0.1) is 11.2 Å². The van der Waals surface area contributed by atoms with E-state index in [0.29, 0.717) is 24.3 Å². The van der Waals surface area contributed by atoms with Crippen molar-refractivity contribution in [1.29, 1.82) is 0 Å². The van der Waals surface area contributed by atoms with E-state index in [1.165, 1.54) is 28.0 Å². The first-order valence-corrected chi connectivity index (χ1v) is 8.53. The number of carbonyl (C=O) groups is 2. The maximum Gasteiger partial charge on any atom is 0.316 e. The monoisotopic (exact) mass is 371 g/mol. The lowest BCUT2D eigenvalue weighted by Gasteiger charge is -2.34. The summed E-state index contributed by atoms with van der Waals surface area (Å²) < 4.78 is 13.2. The molecule has 0 aliphatic carbocycles. The number of anilines is 1. The summed E-state index contributed by atoms with van der Waals surface area (Å²) in [5.41, 5.74) is 2.11. The van der Waals surface area contributed by atoms with E-state index in [0.717, 1.165) is 10.9 Å². The summed E-state index contributed by atoms with van der Waals surface area (Å²) >= 11 is 6.03. The minimum atomic E-state index is -0.597. The van der Waals surface area contributed by atoms with E-state index < -0.39 is 17.6 Å². The minimum absolute atomic E-state index is 0.171. The van der Waals surface area contributed by atoms with Gasteiger partial charge in [0.25, 0.3) is 0 Å². The van der Waals surface area contributed by atoms with Crippen molar-refractivity contribution in [3.05, 3.63) is 65.1 Å². The number of amides is 2. The zero-order chi connectivity index (χ0) is 18.3. The molecule has 1 fully saturated rings. The molecular formula is C19H15ClFN3O2. The molecule has 1 saturated heterocycles. The number of nitrogens with zero attached hydrogens (tertiary/aromatic N) is 2. The molecule has 1 N–H and O–H groups in total. The summed E-state index contributed by atoms with van der Waals surface area (Å²) in [5.74, 6) is -1.62. The highest BCUT2D eigenvalue weighted by Crippen LogP contribution is 2.28. The predicted molar refractivity (Wildman–Crippen MR) is 97.5 cm³/mol. The number of hydrogen-bond donors (Lipinski definition) is 1. The third-order valence-corrected chi connectivity index (χ3v) is 4.89. The van der Waals surface area contributed by atoms with Crippen LogP contribution >= 0.6 is 11.6 Å². The molecule has 0 bridgehead atoms. The van der Waals surface area contributed by atoms with Crippen LogP contribution in [-0.2, 0) is 16.1 Å². The molecule has 2 amide bonds. The first-order chi connectivity index (χ1) is 12.5. The van der Waals surface area contributed by atoms with Crippen LogP contribution < -0.4 is 4.90 Å². The quantitative estimate of drug-likeness (QED) is 0.718. The molecule has 0 unspecified atom stereocenters. The zero-order valence-corrected chi connectivity index (χ0v) is 14.5. The van der Waals surface area contributed by atoms with Crippen molar-refractivity contribution in [1.82, 2.24) is 9.88 Å². The van der Waals surface area contributed by atoms with E-state index in [-0.39, 0.29) is 11.6 Å². The Bertz CT molecular complexity index is 1020. The molecule has 1 aliphatic heterocycles. The van der Waals surface area contributed by atoms with Gasteiger partial charge in [-0.3, -0.25) is 9.59 Å². The highest BCUT2D eigenvalue weighted by atomic mass is 35.5. The van der Waals surface area contributed by atoms with Crippen LogP contribution in [0, 0.1) is 5.82 Å². The molecule has 1 aliphatic rings. The Labute approximate surface area is 154 Å². The van der Waals surface area contributed by atoms with Crippen LogP contribution in [0.5, 0.6) is 0 Å². The largest absolute Gasteiger partial charge is 0.359 e. The molecule has 4 rings (SSSR count). The summed E-state index contributed by atoms with van der Waals surface area (Å²) in [5, 5.41) is 1.21. The standard InChI is InChI=1S/C19H15ClFN3O2/c20-15-10-14(21)5-4-13(15)11-23-8-9-24(19(26)18(23)25)16-3-1-2-12-6-7-22-17(12)16/h1-7,10,22H,8-9,11H2. The Morgan fingerprint density at radius 2 is 1.92 bits per heavy atom. The summed E-state index contributed by atoms with van der Waals surface area (Å²) in [6.45, 7) is 0.918. The molecule has 0 spiro atoms. The van der Waals surface area contributed by atoms with Gasteiger partial charge >= 0.3 is 11.8 Å². The predicted octanol–water partition coefficient (Wildman–Crippen LogP) is 3.34. The summed E-state index contributed by atoms with van der Waals surface area (Å²) in [4.78, 5) is 31.3. The number of piperazine rings is 1. The van der Waals surface area contributed by atoms with E-state index in [2.05, 4.69) is 4.98 Å². The van der Waals surface area contributed by atoms with Gasteiger partial charge in [0.15, 0.2) is 0 Å². The number of nitrogens with one attached hydrogen (secondary N) is 1. The van der Waals surface area contributed by atoms with Crippen LogP contribution in [0.25, 0.3) is 10.9 Å². The van der Waals surface area contributed by atoms with Crippen molar-refractivity contribution in [2.75, 3.05) is 18.0 Å². The molecule has 2 aromatic carbocycles. The van der Waals surface area contributed by atoms with Gasteiger partial charge in [0.2, 0.25) is 0 Å². The van der Waals surface area contributed by atoms with Gasteiger partial charge in [-0.15, -0.1) is 0 Å². The van der Waals surface area contributed by atoms with Gasteiger partial charge in [-0.1, -0.05) is 29.8 Å². The van der Waals surface area contributed by atoms with Gasteiger partial charge in [0, 0.05) is 36.2 Å². The second-order valence-electron chi connectivity index (χ2n) is 6.14. The van der Waals surface area contributed by atoms with Crippen LogP contribution in [0.3, 0.4) is 0 Å². The summed E-state index contributed by atoms with van der Waals surface area (Å²) in [7, 11) is 0. The number of halogens is 2. The van der Waals surface area contributed by atoms with Crippen LogP contribution in [0.15, 0.2) is 48.7 Å². The maximum atomic E-state index is 13.2. The Hall–Kier alpha value is -2.86. The first-order valence-electron chi connectivity index (χ1n) is 8.15. The third-order valence-electron chi connectivity index (χ3n) is 4.54. The van der Waals surface area contributed by atoms with Crippen molar-refractivity contribution < 1.29 is 14.0 Å². The minimum Gasteiger partial charge on any atom is -0.359 e. The normalized spacial score (nSPS) is 15.2. The molecular weight excluding hydrogens is 357 g/mol. The fourth-order valence-electron chi connectivity index (χ4n) is 3.20. The Kier molecular flexibility index (Phi) is 4.12. The molecule has 0 saturated carbocycles. The molecule has 26 heavy (non-hydrogen) atoms. The summed E-state index contributed by atoms with van der Waals surface area (Å²) in [6, 6.07) is 11.5. The van der Waals surface area contributed by atoms with Crippen molar-refractivity contribution in [3.8, 4) is 0 Å². The zero-order valence-electron chi connectivity index (χ0n) is 13.7. The molecule has 7 heteroatoms. The molecule has 1 aromatic heterocycles. The van der Waals surface area contributed by atoms with E-state index >= 15 is 0 Å². The van der Waals surface area contributed by atoms with E-state index in [9.17, 15) is 14.0 Å². The number of aromatic nitrogens is 1. The number of rotatable bonds is 3. The number of para-hydroxylation sites is 1. The number of benzene rings is 2. The highest BCUT2D eigenvalue weighted by Gasteiger charge is 2.34. The number of carbonyl (C=O) groups excluding carboxylic acids is 2. The average Bonchev–Trinajstić information content (AvgIpc) is 3.10. The highest BCUT2D eigenvalue weighted by molar-refractivity contribution is 6.41. The van der Waals surface area contributed by atoms with Gasteiger partial charge in [-0.25, -0.2) is 4.39 Å². The average molecular weight is 372 g/mol. The number of hydrogen-bond acceptors (Lipinski definition) is 2. The smallest absolute Gasteiger partial charge is 0.316 e. The van der Waals surface area contributed by atoms with E-state index in [1.807, 2.05) is 24.3 Å². The Morgan fingerprint density at radius 1 is 1.08 bits per heavy atom. The van der Waals surface area contributed by atoms with Crippen LogP contribution in [0.2, 0.25) is 5.02 Å². The van der Waals surface area contributed by atoms with Crippen LogP contribution in [0.1, 0.15) is 5.56 Å². The Morgan fingerprint density at radius 3 is 2.73 bits per heavy atom. The summed E-state index contributed by atoms with van der Waals surface area (Å²) in [6.07, 6.45) is 1.80. The van der Waals surface area contributed by atoms with Gasteiger partial charge in [0.1, 0.15) is 5.82 Å². The fraction of sp³-hybridized carbons (Fsp3) is 0.158. The van der Waals surface area contributed by atoms with Crippen molar-refractivity contribution in [2.45, 2.75) is 6.54 Å². The van der Waals surface area contributed by atoms with Gasteiger partial charge < -0.3 is 14.8 Å². The topological polar surface area (TPSA) is 56.4 Å². The number of fused-ring (bicyclic) bond motifs is 1. The van der Waals surface area contributed by atoms with E-state index in [1.54, 1.807) is 6.20 Å². The van der Waals surface area contributed by atoms with Crippen molar-refractivity contribution in [2.24, 2.45) is 0 Å². The van der Waals surface area contributed by atoms with Crippen molar-refractivity contribution in [3.63, 3.8) is 0 Å². The lowest BCUT2D eigenvalue weighted by atomic mass is 10.1. The Balaban J connectivity index is 1.57. The molecule has 132 valence electrons.